The second kappa shape index (κ2) is 8.93. The highest BCUT2D eigenvalue weighted by Crippen LogP contribution is 2.30. The van der Waals surface area contributed by atoms with E-state index >= 15 is 0 Å². The van der Waals surface area contributed by atoms with Gasteiger partial charge in [0.05, 0.1) is 12.5 Å². The van der Waals surface area contributed by atoms with E-state index in [1.807, 2.05) is 27.7 Å². The molecule has 27 heavy (non-hydrogen) atoms. The second-order valence-electron chi connectivity index (χ2n) is 8.46. The van der Waals surface area contributed by atoms with Crippen molar-refractivity contribution in [3.05, 3.63) is 0 Å². The fraction of sp³-hybridized carbons (Fsp3) is 0.850. The summed E-state index contributed by atoms with van der Waals surface area (Å²) in [6.45, 7) is 10.6. The van der Waals surface area contributed by atoms with Crippen LogP contribution in [-0.2, 0) is 19.1 Å². The van der Waals surface area contributed by atoms with Crippen LogP contribution >= 0.6 is 0 Å². The van der Waals surface area contributed by atoms with Crippen LogP contribution in [0.3, 0.4) is 0 Å². The highest BCUT2D eigenvalue weighted by molar-refractivity contribution is 5.87. The number of hydrogen-bond donors (Lipinski definition) is 0. The summed E-state index contributed by atoms with van der Waals surface area (Å²) in [6.07, 6.45) is 3.52. The minimum atomic E-state index is -0.574. The molecule has 7 heteroatoms. The number of esters is 1. The Hall–Kier alpha value is -1.79. The molecule has 2 rings (SSSR count). The molecule has 3 atom stereocenters. The molecule has 2 aliphatic rings. The quantitative estimate of drug-likeness (QED) is 0.702. The maximum Gasteiger partial charge on any atom is 0.410 e. The normalized spacial score (nSPS) is 26.5. The van der Waals surface area contributed by atoms with Gasteiger partial charge in [-0.3, -0.25) is 4.79 Å². The van der Waals surface area contributed by atoms with Crippen LogP contribution in [0.4, 0.5) is 4.79 Å². The number of carbonyl (C=O) groups excluding carboxylic acids is 3. The SMILES string of the molecule is CCOC(=O)C1CCCCN1C(=O)C1CCCN(C(=O)OC(C)(C)C)C1C. The van der Waals surface area contributed by atoms with E-state index in [4.69, 9.17) is 9.47 Å². The molecule has 0 N–H and O–H groups in total. The summed E-state index contributed by atoms with van der Waals surface area (Å²) in [4.78, 5) is 41.4. The lowest BCUT2D eigenvalue weighted by Gasteiger charge is -2.43. The summed E-state index contributed by atoms with van der Waals surface area (Å²) in [5.41, 5.74) is -0.574. The van der Waals surface area contributed by atoms with Gasteiger partial charge in [0.15, 0.2) is 0 Å². The van der Waals surface area contributed by atoms with Gasteiger partial charge in [0.25, 0.3) is 0 Å². The van der Waals surface area contributed by atoms with Gasteiger partial charge in [-0.2, -0.15) is 0 Å². The third-order valence-electron chi connectivity index (χ3n) is 5.28. The molecule has 0 aromatic heterocycles. The highest BCUT2D eigenvalue weighted by atomic mass is 16.6. The van der Waals surface area contributed by atoms with E-state index in [9.17, 15) is 14.4 Å². The summed E-state index contributed by atoms with van der Waals surface area (Å²) < 4.78 is 10.7. The molecule has 0 aromatic carbocycles. The molecule has 2 amide bonds. The average Bonchev–Trinajstić information content (AvgIpc) is 2.60. The maximum atomic E-state index is 13.3. The van der Waals surface area contributed by atoms with Crippen molar-refractivity contribution in [1.29, 1.82) is 0 Å². The van der Waals surface area contributed by atoms with Crippen molar-refractivity contribution < 1.29 is 23.9 Å². The third kappa shape index (κ3) is 5.36. The number of likely N-dealkylation sites (tertiary alicyclic amines) is 2. The van der Waals surface area contributed by atoms with E-state index < -0.39 is 11.6 Å². The maximum absolute atomic E-state index is 13.3. The zero-order valence-corrected chi connectivity index (χ0v) is 17.3. The van der Waals surface area contributed by atoms with Crippen molar-refractivity contribution in [3.8, 4) is 0 Å². The van der Waals surface area contributed by atoms with Crippen LogP contribution < -0.4 is 0 Å². The Morgan fingerprint density at radius 2 is 1.67 bits per heavy atom. The van der Waals surface area contributed by atoms with Gasteiger partial charge in [-0.25, -0.2) is 9.59 Å². The lowest BCUT2D eigenvalue weighted by molar-refractivity contribution is -0.159. The van der Waals surface area contributed by atoms with E-state index in [0.29, 0.717) is 32.5 Å². The van der Waals surface area contributed by atoms with Gasteiger partial charge < -0.3 is 19.3 Å². The van der Waals surface area contributed by atoms with Gasteiger partial charge >= 0.3 is 12.1 Å². The van der Waals surface area contributed by atoms with Crippen molar-refractivity contribution in [2.45, 2.75) is 84.4 Å². The Morgan fingerprint density at radius 1 is 1.00 bits per heavy atom. The molecule has 0 aliphatic carbocycles. The zero-order chi connectivity index (χ0) is 20.2. The summed E-state index contributed by atoms with van der Waals surface area (Å²) in [5, 5.41) is 0. The Balaban J connectivity index is 2.11. The number of ether oxygens (including phenoxy) is 2. The number of rotatable bonds is 3. The predicted octanol–water partition coefficient (Wildman–Crippen LogP) is 2.97. The van der Waals surface area contributed by atoms with E-state index in [1.54, 1.807) is 16.7 Å². The van der Waals surface area contributed by atoms with Crippen LogP contribution in [0, 0.1) is 5.92 Å². The fourth-order valence-corrected chi connectivity index (χ4v) is 3.94. The predicted molar refractivity (Wildman–Crippen MR) is 101 cm³/mol. The van der Waals surface area contributed by atoms with Crippen LogP contribution in [0.1, 0.15) is 66.7 Å². The highest BCUT2D eigenvalue weighted by Gasteiger charge is 2.42. The average molecular weight is 383 g/mol. The summed E-state index contributed by atoms with van der Waals surface area (Å²) >= 11 is 0. The number of carbonyl (C=O) groups is 3. The summed E-state index contributed by atoms with van der Waals surface area (Å²) in [7, 11) is 0. The molecule has 2 heterocycles. The molecule has 0 saturated carbocycles. The van der Waals surface area contributed by atoms with Crippen LogP contribution in [0.25, 0.3) is 0 Å². The lowest BCUT2D eigenvalue weighted by Crippen LogP contribution is -2.57. The molecule has 0 bridgehead atoms. The molecule has 7 nitrogen and oxygen atoms in total. The van der Waals surface area contributed by atoms with Crippen molar-refractivity contribution in [2.24, 2.45) is 5.92 Å². The van der Waals surface area contributed by atoms with Gasteiger partial charge in [-0.05, 0) is 66.7 Å². The lowest BCUT2D eigenvalue weighted by atomic mass is 9.87. The molecule has 2 saturated heterocycles. The zero-order valence-electron chi connectivity index (χ0n) is 17.3. The topological polar surface area (TPSA) is 76.2 Å². The van der Waals surface area contributed by atoms with Gasteiger partial charge in [0.1, 0.15) is 11.6 Å². The van der Waals surface area contributed by atoms with Crippen molar-refractivity contribution >= 4 is 18.0 Å². The largest absolute Gasteiger partial charge is 0.464 e. The van der Waals surface area contributed by atoms with Gasteiger partial charge in [-0.1, -0.05) is 0 Å². The fourth-order valence-electron chi connectivity index (χ4n) is 3.94. The Labute approximate surface area is 162 Å². The first-order valence-electron chi connectivity index (χ1n) is 10.1. The molecule has 154 valence electrons. The Morgan fingerprint density at radius 3 is 2.30 bits per heavy atom. The molecule has 2 fully saturated rings. The second-order valence-corrected chi connectivity index (χ2v) is 8.46. The minimum Gasteiger partial charge on any atom is -0.464 e. The van der Waals surface area contributed by atoms with E-state index in [0.717, 1.165) is 19.3 Å². The van der Waals surface area contributed by atoms with Gasteiger partial charge in [0.2, 0.25) is 5.91 Å². The van der Waals surface area contributed by atoms with E-state index in [1.165, 1.54) is 0 Å². The number of hydrogen-bond acceptors (Lipinski definition) is 5. The minimum absolute atomic E-state index is 0.0477. The Bertz CT molecular complexity index is 557. The molecule has 0 radical (unpaired) electrons. The van der Waals surface area contributed by atoms with Crippen molar-refractivity contribution in [3.63, 3.8) is 0 Å². The van der Waals surface area contributed by atoms with Crippen molar-refractivity contribution in [2.75, 3.05) is 19.7 Å². The van der Waals surface area contributed by atoms with Gasteiger partial charge in [0, 0.05) is 19.1 Å². The molecular weight excluding hydrogens is 348 g/mol. The Kier molecular flexibility index (Phi) is 7.12. The molecule has 0 spiro atoms. The first-order chi connectivity index (χ1) is 12.7. The van der Waals surface area contributed by atoms with E-state index in [-0.39, 0.29) is 29.9 Å². The molecular formula is C20H34N2O5. The molecule has 0 aromatic rings. The number of amides is 2. The smallest absolute Gasteiger partial charge is 0.410 e. The van der Waals surface area contributed by atoms with Gasteiger partial charge in [-0.15, -0.1) is 0 Å². The van der Waals surface area contributed by atoms with Crippen LogP contribution in [0.2, 0.25) is 0 Å². The summed E-state index contributed by atoms with van der Waals surface area (Å²) in [5.74, 6) is -0.687. The van der Waals surface area contributed by atoms with Crippen LogP contribution in [0.15, 0.2) is 0 Å². The third-order valence-corrected chi connectivity index (χ3v) is 5.28. The van der Waals surface area contributed by atoms with Crippen molar-refractivity contribution in [1.82, 2.24) is 9.80 Å². The molecule has 3 unspecified atom stereocenters. The van der Waals surface area contributed by atoms with E-state index in [2.05, 4.69) is 0 Å². The first kappa shape index (κ1) is 21.5. The van der Waals surface area contributed by atoms with Crippen LogP contribution in [0.5, 0.6) is 0 Å². The number of piperidine rings is 2. The first-order valence-corrected chi connectivity index (χ1v) is 10.1. The van der Waals surface area contributed by atoms with Crippen LogP contribution in [-0.4, -0.2) is 65.2 Å². The monoisotopic (exact) mass is 382 g/mol. The standard InChI is InChI=1S/C20H34N2O5/c1-6-26-18(24)16-11-7-8-12-22(16)17(23)15-10-9-13-21(14(15)2)19(25)27-20(3,4)5/h14-16H,6-13H2,1-5H3. The number of nitrogens with zero attached hydrogens (tertiary/aromatic N) is 2. The summed E-state index contributed by atoms with van der Waals surface area (Å²) in [6, 6.07) is -0.763. The molecule has 2 aliphatic heterocycles.